The van der Waals surface area contributed by atoms with Crippen molar-refractivity contribution < 1.29 is 9.72 Å². The van der Waals surface area contributed by atoms with Crippen molar-refractivity contribution >= 4 is 22.4 Å². The van der Waals surface area contributed by atoms with Gasteiger partial charge in [0.25, 0.3) is 5.69 Å². The van der Waals surface area contributed by atoms with Crippen LogP contribution < -0.4 is 0 Å². The number of carbonyl (C=O) groups excluding carboxylic acids is 1. The molecule has 5 heteroatoms. The van der Waals surface area contributed by atoms with Gasteiger partial charge in [-0.3, -0.25) is 14.9 Å². The number of benzene rings is 1. The highest BCUT2D eigenvalue weighted by Gasteiger charge is 2.24. The van der Waals surface area contributed by atoms with Gasteiger partial charge in [0, 0.05) is 22.7 Å². The summed E-state index contributed by atoms with van der Waals surface area (Å²) in [7, 11) is 0. The minimum Gasteiger partial charge on any atom is -0.294 e. The molecule has 0 aliphatic carbocycles. The van der Waals surface area contributed by atoms with E-state index in [9.17, 15) is 14.9 Å². The van der Waals surface area contributed by atoms with Gasteiger partial charge in [0.1, 0.15) is 5.52 Å². The number of fused-ring (bicyclic) bond motifs is 1. The fourth-order valence-corrected chi connectivity index (χ4v) is 2.69. The highest BCUT2D eigenvalue weighted by Crippen LogP contribution is 2.35. The van der Waals surface area contributed by atoms with E-state index in [1.165, 1.54) is 13.0 Å². The number of nitro groups is 1. The summed E-state index contributed by atoms with van der Waals surface area (Å²) in [6.45, 7) is 9.38. The van der Waals surface area contributed by atoms with Gasteiger partial charge in [-0.05, 0) is 30.4 Å². The highest BCUT2D eigenvalue weighted by atomic mass is 16.6. The lowest BCUT2D eigenvalue weighted by Gasteiger charge is -2.15. The quantitative estimate of drug-likeness (QED) is 0.470. The normalized spacial score (nSPS) is 11.4. The lowest BCUT2D eigenvalue weighted by molar-refractivity contribution is -0.383. The van der Waals surface area contributed by atoms with Crippen LogP contribution in [0.15, 0.2) is 18.2 Å². The van der Waals surface area contributed by atoms with Gasteiger partial charge in [0.15, 0.2) is 5.78 Å². The molecule has 0 saturated carbocycles. The number of aromatic nitrogens is 1. The Kier molecular flexibility index (Phi) is 4.26. The van der Waals surface area contributed by atoms with E-state index in [1.807, 2.05) is 39.8 Å². The van der Waals surface area contributed by atoms with E-state index >= 15 is 0 Å². The molecule has 1 aromatic heterocycles. The number of hydrogen-bond donors (Lipinski definition) is 0. The fourth-order valence-electron chi connectivity index (χ4n) is 2.69. The second-order valence-electron chi connectivity index (χ2n) is 6.11. The maximum Gasteiger partial charge on any atom is 0.296 e. The molecule has 0 aliphatic rings. The average Bonchev–Trinajstić information content (AvgIpc) is 2.43. The zero-order chi connectivity index (χ0) is 16.6. The Hall–Kier alpha value is -2.30. The smallest absolute Gasteiger partial charge is 0.294 e. The van der Waals surface area contributed by atoms with Crippen molar-refractivity contribution in [3.05, 3.63) is 45.1 Å². The fraction of sp³-hybridized carbons (Fsp3) is 0.412. The zero-order valence-electron chi connectivity index (χ0n) is 13.5. The highest BCUT2D eigenvalue weighted by molar-refractivity contribution is 6.04. The number of carbonyl (C=O) groups is 1. The van der Waals surface area contributed by atoms with Crippen LogP contribution in [0.2, 0.25) is 0 Å². The van der Waals surface area contributed by atoms with Crippen molar-refractivity contribution in [2.45, 2.75) is 46.5 Å². The molecule has 5 nitrogen and oxygen atoms in total. The first-order valence-electron chi connectivity index (χ1n) is 7.36. The first kappa shape index (κ1) is 16.1. The van der Waals surface area contributed by atoms with Crippen LogP contribution in [0.1, 0.15) is 68.1 Å². The predicted molar refractivity (Wildman–Crippen MR) is 86.6 cm³/mol. The third-order valence-electron chi connectivity index (χ3n) is 3.77. The molecule has 22 heavy (non-hydrogen) atoms. The minimum absolute atomic E-state index is 0.0777. The molecule has 1 heterocycles. The average molecular weight is 300 g/mol. The molecule has 0 N–H and O–H groups in total. The molecule has 0 saturated heterocycles. The summed E-state index contributed by atoms with van der Waals surface area (Å²) in [5.41, 5.74) is 2.31. The first-order chi connectivity index (χ1) is 10.2. The molecule has 0 spiro atoms. The number of non-ortho nitro benzene ring substituents is 1. The minimum atomic E-state index is -0.462. The molecule has 0 bridgehead atoms. The summed E-state index contributed by atoms with van der Waals surface area (Å²) in [5.74, 6) is 0.0922. The maximum atomic E-state index is 11.9. The van der Waals surface area contributed by atoms with Crippen molar-refractivity contribution in [3.63, 3.8) is 0 Å². The number of hydrogen-bond acceptors (Lipinski definition) is 4. The molecule has 1 aromatic carbocycles. The Morgan fingerprint density at radius 1 is 1.18 bits per heavy atom. The Morgan fingerprint density at radius 2 is 1.82 bits per heavy atom. The molecule has 0 unspecified atom stereocenters. The monoisotopic (exact) mass is 300 g/mol. The Balaban J connectivity index is 2.97. The van der Waals surface area contributed by atoms with Crippen LogP contribution in [0.3, 0.4) is 0 Å². The first-order valence-corrected chi connectivity index (χ1v) is 7.36. The van der Waals surface area contributed by atoms with Crippen LogP contribution in [0.5, 0.6) is 0 Å². The van der Waals surface area contributed by atoms with Crippen molar-refractivity contribution in [2.75, 3.05) is 0 Å². The van der Waals surface area contributed by atoms with Gasteiger partial charge in [-0.2, -0.15) is 0 Å². The van der Waals surface area contributed by atoms with Crippen LogP contribution >= 0.6 is 0 Å². The van der Waals surface area contributed by atoms with Crippen LogP contribution in [0.4, 0.5) is 5.69 Å². The van der Waals surface area contributed by atoms with Gasteiger partial charge in [-0.15, -0.1) is 0 Å². The SMILES string of the molecule is CC(=O)c1cc([N+](=O)[O-])c2nc(C(C)C)ccc2c1C(C)C. The van der Waals surface area contributed by atoms with Gasteiger partial charge < -0.3 is 0 Å². The molecule has 0 atom stereocenters. The van der Waals surface area contributed by atoms with E-state index in [0.717, 1.165) is 11.3 Å². The summed E-state index contributed by atoms with van der Waals surface area (Å²) >= 11 is 0. The largest absolute Gasteiger partial charge is 0.296 e. The van der Waals surface area contributed by atoms with Crippen molar-refractivity contribution in [3.8, 4) is 0 Å². The molecule has 0 fully saturated rings. The van der Waals surface area contributed by atoms with Crippen LogP contribution in [-0.4, -0.2) is 15.7 Å². The van der Waals surface area contributed by atoms with Crippen molar-refractivity contribution in [1.82, 2.24) is 4.98 Å². The summed E-state index contributed by atoms with van der Waals surface area (Å²) in [6, 6.07) is 5.11. The Morgan fingerprint density at radius 3 is 2.27 bits per heavy atom. The second kappa shape index (κ2) is 5.83. The molecule has 116 valence electrons. The Labute approximate surface area is 129 Å². The van der Waals surface area contributed by atoms with Gasteiger partial charge in [-0.25, -0.2) is 4.98 Å². The number of nitrogens with zero attached hydrogens (tertiary/aromatic N) is 2. The molecule has 2 rings (SSSR count). The van der Waals surface area contributed by atoms with Gasteiger partial charge in [0.05, 0.1) is 4.92 Å². The third-order valence-corrected chi connectivity index (χ3v) is 3.77. The van der Waals surface area contributed by atoms with Crippen LogP contribution in [-0.2, 0) is 0 Å². The van der Waals surface area contributed by atoms with Crippen LogP contribution in [0.25, 0.3) is 10.9 Å². The number of nitro benzene ring substituents is 1. The van der Waals surface area contributed by atoms with E-state index < -0.39 is 4.92 Å². The van der Waals surface area contributed by atoms with E-state index in [4.69, 9.17) is 0 Å². The molecule has 0 amide bonds. The van der Waals surface area contributed by atoms with E-state index in [1.54, 1.807) is 0 Å². The lowest BCUT2D eigenvalue weighted by Crippen LogP contribution is -2.06. The lowest BCUT2D eigenvalue weighted by atomic mass is 9.90. The number of Topliss-reactive ketones (excluding diaryl/α,β-unsaturated/α-hetero) is 1. The molecule has 0 radical (unpaired) electrons. The van der Waals surface area contributed by atoms with Crippen molar-refractivity contribution in [2.24, 2.45) is 0 Å². The molecular formula is C17H20N2O3. The third kappa shape index (κ3) is 2.71. The molecular weight excluding hydrogens is 280 g/mol. The summed E-state index contributed by atoms with van der Waals surface area (Å²) in [4.78, 5) is 27.4. The summed E-state index contributed by atoms with van der Waals surface area (Å²) in [6.07, 6.45) is 0. The summed E-state index contributed by atoms with van der Waals surface area (Å²) < 4.78 is 0. The standard InChI is InChI=1S/C17H20N2O3/c1-9(2)14-7-6-12-16(10(3)4)13(11(5)20)8-15(19(21)22)17(12)18-14/h6-10H,1-5H3. The van der Waals surface area contributed by atoms with Gasteiger partial charge in [-0.1, -0.05) is 33.8 Å². The maximum absolute atomic E-state index is 11.9. The summed E-state index contributed by atoms with van der Waals surface area (Å²) in [5, 5.41) is 12.1. The number of rotatable bonds is 4. The second-order valence-corrected chi connectivity index (χ2v) is 6.11. The van der Waals surface area contributed by atoms with Crippen molar-refractivity contribution in [1.29, 1.82) is 0 Å². The van der Waals surface area contributed by atoms with E-state index in [2.05, 4.69) is 4.98 Å². The Bertz CT molecular complexity index is 764. The topological polar surface area (TPSA) is 73.1 Å². The number of pyridine rings is 1. The zero-order valence-corrected chi connectivity index (χ0v) is 13.5. The predicted octanol–water partition coefficient (Wildman–Crippen LogP) is 4.59. The molecule has 0 aliphatic heterocycles. The van der Waals surface area contributed by atoms with Gasteiger partial charge >= 0.3 is 0 Å². The molecule has 2 aromatic rings. The van der Waals surface area contributed by atoms with E-state index in [0.29, 0.717) is 16.5 Å². The van der Waals surface area contributed by atoms with Crippen LogP contribution in [0, 0.1) is 10.1 Å². The van der Waals surface area contributed by atoms with E-state index in [-0.39, 0.29) is 23.3 Å². The van der Waals surface area contributed by atoms with Gasteiger partial charge in [0.2, 0.25) is 0 Å². The number of ketones is 1.